The zero-order valence-corrected chi connectivity index (χ0v) is 17.3. The maximum Gasteiger partial charge on any atom is 0.410 e. The number of rotatable bonds is 11. The molecular formula is C20H33NO4S. The molecule has 1 aromatic carbocycles. The molecule has 5 nitrogen and oxygen atoms in total. The van der Waals surface area contributed by atoms with Gasteiger partial charge in [0.15, 0.2) is 0 Å². The van der Waals surface area contributed by atoms with Crippen molar-refractivity contribution in [1.29, 1.82) is 0 Å². The molecule has 0 heterocycles. The Balaban J connectivity index is 2.49. The highest BCUT2D eigenvalue weighted by molar-refractivity contribution is 7.99. The summed E-state index contributed by atoms with van der Waals surface area (Å²) in [5.41, 5.74) is 0.865. The molecule has 1 N–H and O–H groups in total. The van der Waals surface area contributed by atoms with Crippen molar-refractivity contribution in [3.63, 3.8) is 0 Å². The number of hydrogen-bond donors (Lipinski definition) is 1. The summed E-state index contributed by atoms with van der Waals surface area (Å²) in [4.78, 5) is 14.3. The highest BCUT2D eigenvalue weighted by Gasteiger charge is 2.27. The number of benzene rings is 1. The van der Waals surface area contributed by atoms with E-state index in [0.717, 1.165) is 35.7 Å². The fourth-order valence-corrected chi connectivity index (χ4v) is 3.08. The van der Waals surface area contributed by atoms with Gasteiger partial charge in [0.2, 0.25) is 0 Å². The topological polar surface area (TPSA) is 59.0 Å². The van der Waals surface area contributed by atoms with Crippen LogP contribution in [0.4, 0.5) is 4.79 Å². The first kappa shape index (κ1) is 22.6. The SMILES string of the molecule is CCOc1ccc(CCN(C(=O)OCCCSCCO)C(C)(C)C)cc1. The Kier molecular flexibility index (Phi) is 10.5. The van der Waals surface area contributed by atoms with Crippen molar-refractivity contribution in [2.45, 2.75) is 46.1 Å². The summed E-state index contributed by atoms with van der Waals surface area (Å²) in [6, 6.07) is 8.00. The molecule has 0 atom stereocenters. The maximum absolute atomic E-state index is 12.5. The van der Waals surface area contributed by atoms with Gasteiger partial charge in [0.25, 0.3) is 0 Å². The van der Waals surface area contributed by atoms with Gasteiger partial charge in [0, 0.05) is 17.8 Å². The third kappa shape index (κ3) is 8.81. The molecule has 0 aliphatic rings. The third-order valence-corrected chi connectivity index (χ3v) is 4.83. The minimum absolute atomic E-state index is 0.188. The second kappa shape index (κ2) is 12.1. The average molecular weight is 384 g/mol. The van der Waals surface area contributed by atoms with Gasteiger partial charge < -0.3 is 19.5 Å². The first-order chi connectivity index (χ1) is 12.4. The van der Waals surface area contributed by atoms with Gasteiger partial charge in [-0.15, -0.1) is 0 Å². The number of ether oxygens (including phenoxy) is 2. The van der Waals surface area contributed by atoms with E-state index in [2.05, 4.69) is 0 Å². The Hall–Kier alpha value is -1.40. The van der Waals surface area contributed by atoms with Gasteiger partial charge in [0.1, 0.15) is 5.75 Å². The summed E-state index contributed by atoms with van der Waals surface area (Å²) in [6.45, 7) is 9.88. The van der Waals surface area contributed by atoms with E-state index in [4.69, 9.17) is 14.6 Å². The molecule has 0 saturated carbocycles. The molecule has 0 unspecified atom stereocenters. The quantitative estimate of drug-likeness (QED) is 0.586. The van der Waals surface area contributed by atoms with Crippen molar-refractivity contribution in [2.24, 2.45) is 0 Å². The Morgan fingerprint density at radius 2 is 1.88 bits per heavy atom. The van der Waals surface area contributed by atoms with Crippen molar-refractivity contribution in [2.75, 3.05) is 37.9 Å². The predicted octanol–water partition coefficient (Wildman–Crippen LogP) is 3.98. The Morgan fingerprint density at radius 3 is 2.46 bits per heavy atom. The molecule has 0 fully saturated rings. The highest BCUT2D eigenvalue weighted by atomic mass is 32.2. The van der Waals surface area contributed by atoms with E-state index in [9.17, 15) is 4.79 Å². The van der Waals surface area contributed by atoms with Crippen LogP contribution < -0.4 is 4.74 Å². The van der Waals surface area contributed by atoms with Crippen molar-refractivity contribution < 1.29 is 19.4 Å². The number of thioether (sulfide) groups is 1. The molecule has 0 radical (unpaired) electrons. The zero-order chi connectivity index (χ0) is 19.4. The van der Waals surface area contributed by atoms with Crippen LogP contribution in [0.2, 0.25) is 0 Å². The van der Waals surface area contributed by atoms with E-state index in [-0.39, 0.29) is 18.2 Å². The molecule has 0 aromatic heterocycles. The summed E-state index contributed by atoms with van der Waals surface area (Å²) < 4.78 is 10.9. The summed E-state index contributed by atoms with van der Waals surface area (Å²) in [6.07, 6.45) is 1.30. The molecule has 0 aliphatic carbocycles. The summed E-state index contributed by atoms with van der Waals surface area (Å²) in [7, 11) is 0. The normalized spacial score (nSPS) is 11.3. The summed E-state index contributed by atoms with van der Waals surface area (Å²) in [5.74, 6) is 2.47. The van der Waals surface area contributed by atoms with E-state index in [1.165, 1.54) is 0 Å². The van der Waals surface area contributed by atoms with Crippen LogP contribution in [0.5, 0.6) is 5.75 Å². The number of carbonyl (C=O) groups is 1. The standard InChI is InChI=1S/C20H33NO4S/c1-5-24-18-9-7-17(8-10-18)11-12-21(20(2,3)4)19(23)25-14-6-15-26-16-13-22/h7-10,22H,5-6,11-16H2,1-4H3. The van der Waals surface area contributed by atoms with Crippen LogP contribution in [0.1, 0.15) is 39.7 Å². The largest absolute Gasteiger partial charge is 0.494 e. The smallest absolute Gasteiger partial charge is 0.410 e. The van der Waals surface area contributed by atoms with E-state index in [0.29, 0.717) is 19.8 Å². The Morgan fingerprint density at radius 1 is 1.19 bits per heavy atom. The van der Waals surface area contributed by atoms with Crippen LogP contribution in [0.25, 0.3) is 0 Å². The van der Waals surface area contributed by atoms with Gasteiger partial charge in [-0.25, -0.2) is 4.79 Å². The lowest BCUT2D eigenvalue weighted by Gasteiger charge is -2.34. The van der Waals surface area contributed by atoms with Gasteiger partial charge in [0.05, 0.1) is 19.8 Å². The van der Waals surface area contributed by atoms with Crippen LogP contribution in [-0.2, 0) is 11.2 Å². The summed E-state index contributed by atoms with van der Waals surface area (Å²) in [5, 5.41) is 8.75. The third-order valence-electron chi connectivity index (χ3n) is 3.78. The highest BCUT2D eigenvalue weighted by Crippen LogP contribution is 2.18. The van der Waals surface area contributed by atoms with Gasteiger partial charge in [-0.1, -0.05) is 12.1 Å². The lowest BCUT2D eigenvalue weighted by atomic mass is 10.0. The van der Waals surface area contributed by atoms with Crippen molar-refractivity contribution in [3.05, 3.63) is 29.8 Å². The molecule has 26 heavy (non-hydrogen) atoms. The molecule has 0 aliphatic heterocycles. The lowest BCUT2D eigenvalue weighted by Crippen LogP contribution is -2.47. The first-order valence-corrected chi connectivity index (χ1v) is 10.4. The van der Waals surface area contributed by atoms with Crippen molar-refractivity contribution >= 4 is 17.9 Å². The van der Waals surface area contributed by atoms with Crippen LogP contribution in [0.3, 0.4) is 0 Å². The number of aliphatic hydroxyl groups excluding tert-OH is 1. The minimum Gasteiger partial charge on any atom is -0.494 e. The van der Waals surface area contributed by atoms with Crippen LogP contribution in [-0.4, -0.2) is 59.5 Å². The fourth-order valence-electron chi connectivity index (χ4n) is 2.43. The zero-order valence-electron chi connectivity index (χ0n) is 16.5. The Labute approximate surface area is 162 Å². The van der Waals surface area contributed by atoms with Gasteiger partial charge >= 0.3 is 6.09 Å². The number of nitrogens with zero attached hydrogens (tertiary/aromatic N) is 1. The van der Waals surface area contributed by atoms with E-state index >= 15 is 0 Å². The van der Waals surface area contributed by atoms with Crippen LogP contribution in [0, 0.1) is 0 Å². The monoisotopic (exact) mass is 383 g/mol. The van der Waals surface area contributed by atoms with Gasteiger partial charge in [-0.3, -0.25) is 0 Å². The van der Waals surface area contributed by atoms with E-state index in [1.54, 1.807) is 16.7 Å². The summed E-state index contributed by atoms with van der Waals surface area (Å²) >= 11 is 1.67. The van der Waals surface area contributed by atoms with E-state index < -0.39 is 0 Å². The second-order valence-corrected chi connectivity index (χ2v) is 8.18. The van der Waals surface area contributed by atoms with Gasteiger partial charge in [-0.2, -0.15) is 11.8 Å². The van der Waals surface area contributed by atoms with Crippen molar-refractivity contribution in [1.82, 2.24) is 4.90 Å². The molecule has 1 rings (SSSR count). The molecule has 0 saturated heterocycles. The molecule has 1 aromatic rings. The minimum atomic E-state index is -0.298. The maximum atomic E-state index is 12.5. The molecule has 148 valence electrons. The number of amides is 1. The van der Waals surface area contributed by atoms with E-state index in [1.807, 2.05) is 52.0 Å². The molecule has 0 spiro atoms. The lowest BCUT2D eigenvalue weighted by molar-refractivity contribution is 0.0686. The molecule has 0 bridgehead atoms. The number of aliphatic hydroxyl groups is 1. The Bertz CT molecular complexity index is 514. The van der Waals surface area contributed by atoms with Gasteiger partial charge in [-0.05, 0) is 64.0 Å². The number of carbonyl (C=O) groups excluding carboxylic acids is 1. The number of hydrogen-bond acceptors (Lipinski definition) is 5. The molecule has 6 heteroatoms. The fraction of sp³-hybridized carbons (Fsp3) is 0.650. The van der Waals surface area contributed by atoms with Crippen LogP contribution in [0.15, 0.2) is 24.3 Å². The van der Waals surface area contributed by atoms with Crippen molar-refractivity contribution in [3.8, 4) is 5.75 Å². The molecular weight excluding hydrogens is 350 g/mol. The average Bonchev–Trinajstić information content (AvgIpc) is 2.58. The predicted molar refractivity (Wildman–Crippen MR) is 108 cm³/mol. The van der Waals surface area contributed by atoms with Crippen LogP contribution >= 0.6 is 11.8 Å². The molecule has 1 amide bonds. The second-order valence-electron chi connectivity index (χ2n) is 6.95. The first-order valence-electron chi connectivity index (χ1n) is 9.23.